The standard InChI is InChI=1S/C52H82O25/c1-19-11-28(73-46(67)24(19)15-69-16-30-35(56)40(61)44(65)49(76-30)70-17-31-36(57)38(59)42(63)47(68)74-31)20(2)25-7-8-26-23-6-5-21-12-22(13-33(54)52(21,4)27(23)9-10-51(25,26)3)72-50-45(66)41(62)37(58)32(77-50)18-71-48-43(64)39(60)34(55)29(14-53)75-48/h5,20,22-23,25-45,47-50,53-66,68H,6-18H2,1-4H3/t20-,22+,23-,25+,26-,27-,28+,29+,30+,31+,32+,33-,34+,35+,36+,37+,38-,39-,40-,41-,42+,43+,44+,45+,47+,48+,49+,50+,51+,52-/m0/s1. The number of hydrogen-bond donors (Lipinski definition) is 15. The van der Waals surface area contributed by atoms with Gasteiger partial charge in [-0.05, 0) is 80.5 Å². The van der Waals surface area contributed by atoms with Gasteiger partial charge in [-0.15, -0.1) is 0 Å². The van der Waals surface area contributed by atoms with E-state index in [1.54, 1.807) is 0 Å². The first-order valence-electron chi connectivity index (χ1n) is 27.2. The Morgan fingerprint density at radius 1 is 0.636 bits per heavy atom. The highest BCUT2D eigenvalue weighted by Crippen LogP contribution is 2.67. The van der Waals surface area contributed by atoms with Crippen LogP contribution in [0.3, 0.4) is 0 Å². The molecule has 7 fully saturated rings. The molecule has 4 aliphatic carbocycles. The fraction of sp³-hybridized carbons (Fsp3) is 0.904. The summed E-state index contributed by atoms with van der Waals surface area (Å²) >= 11 is 0. The van der Waals surface area contributed by atoms with Crippen LogP contribution in [-0.4, -0.2) is 257 Å². The molecule has 25 heteroatoms. The molecule has 0 spiro atoms. The lowest BCUT2D eigenvalue weighted by molar-refractivity contribution is -0.337. The maximum absolute atomic E-state index is 13.7. The summed E-state index contributed by atoms with van der Waals surface area (Å²) in [5.41, 5.74) is 1.51. The number of hydrogen-bond acceptors (Lipinski definition) is 25. The summed E-state index contributed by atoms with van der Waals surface area (Å²) in [6.45, 7) is 6.25. The summed E-state index contributed by atoms with van der Waals surface area (Å²) < 4.78 is 51.5. The fourth-order valence-electron chi connectivity index (χ4n) is 14.8. The van der Waals surface area contributed by atoms with Crippen LogP contribution in [0.1, 0.15) is 79.1 Å². The van der Waals surface area contributed by atoms with Gasteiger partial charge in [-0.3, -0.25) is 0 Å². The molecule has 0 aromatic rings. The molecular weight excluding hydrogens is 1020 g/mol. The van der Waals surface area contributed by atoms with Gasteiger partial charge in [0.25, 0.3) is 0 Å². The van der Waals surface area contributed by atoms with Crippen molar-refractivity contribution >= 4 is 5.97 Å². The number of carbonyl (C=O) groups excluding carboxylic acids is 1. The molecule has 9 aliphatic rings. The van der Waals surface area contributed by atoms with Crippen LogP contribution in [0.2, 0.25) is 0 Å². The molecule has 5 heterocycles. The highest BCUT2D eigenvalue weighted by molar-refractivity contribution is 5.90. The number of fused-ring (bicyclic) bond motifs is 5. The second-order valence-corrected chi connectivity index (χ2v) is 23.8. The lowest BCUT2D eigenvalue weighted by Crippen LogP contribution is -2.62. The van der Waals surface area contributed by atoms with Crippen molar-refractivity contribution in [2.45, 2.75) is 220 Å². The zero-order chi connectivity index (χ0) is 55.7. The van der Waals surface area contributed by atoms with Gasteiger partial charge in [-0.2, -0.15) is 0 Å². The number of allylic oxidation sites excluding steroid dienone is 1. The Balaban J connectivity index is 0.777. The van der Waals surface area contributed by atoms with Crippen molar-refractivity contribution in [3.8, 4) is 0 Å². The van der Waals surface area contributed by atoms with E-state index < -0.39 is 172 Å². The van der Waals surface area contributed by atoms with Gasteiger partial charge >= 0.3 is 5.97 Å². The zero-order valence-corrected chi connectivity index (χ0v) is 43.7. The van der Waals surface area contributed by atoms with Crippen molar-refractivity contribution in [3.63, 3.8) is 0 Å². The third-order valence-corrected chi connectivity index (χ3v) is 19.6. The maximum atomic E-state index is 13.7. The third kappa shape index (κ3) is 11.1. The van der Waals surface area contributed by atoms with Crippen LogP contribution in [0.4, 0.5) is 0 Å². The third-order valence-electron chi connectivity index (χ3n) is 19.6. The van der Waals surface area contributed by atoms with Gasteiger partial charge in [0.1, 0.15) is 104 Å². The van der Waals surface area contributed by atoms with Crippen LogP contribution in [0, 0.1) is 40.4 Å². The molecule has 25 nitrogen and oxygen atoms in total. The van der Waals surface area contributed by atoms with Crippen molar-refractivity contribution < 1.29 is 124 Å². The summed E-state index contributed by atoms with van der Waals surface area (Å²) in [6, 6.07) is 0. The molecule has 77 heavy (non-hydrogen) atoms. The highest BCUT2D eigenvalue weighted by Gasteiger charge is 2.62. The molecule has 0 aromatic carbocycles. The van der Waals surface area contributed by atoms with Gasteiger partial charge in [-0.25, -0.2) is 4.79 Å². The van der Waals surface area contributed by atoms with E-state index in [0.29, 0.717) is 24.3 Å². The molecule has 440 valence electrons. The Morgan fingerprint density at radius 2 is 1.18 bits per heavy atom. The average Bonchev–Trinajstić information content (AvgIpc) is 3.79. The molecule has 5 aliphatic heterocycles. The van der Waals surface area contributed by atoms with E-state index in [0.717, 1.165) is 43.3 Å². The lowest BCUT2D eigenvalue weighted by atomic mass is 9.46. The Morgan fingerprint density at radius 3 is 1.79 bits per heavy atom. The predicted molar refractivity (Wildman–Crippen MR) is 257 cm³/mol. The quantitative estimate of drug-likeness (QED) is 0.0542. The normalized spacial score (nSPS) is 51.8. The Kier molecular flexibility index (Phi) is 18.4. The number of aliphatic hydroxyl groups is 15. The summed E-state index contributed by atoms with van der Waals surface area (Å²) in [6.07, 6.45) is -25.8. The van der Waals surface area contributed by atoms with Crippen LogP contribution in [0.5, 0.6) is 0 Å². The summed E-state index contributed by atoms with van der Waals surface area (Å²) in [5.74, 6) is 0.514. The van der Waals surface area contributed by atoms with E-state index in [9.17, 15) is 81.4 Å². The molecule has 15 N–H and O–H groups in total. The Labute approximate surface area is 445 Å². The van der Waals surface area contributed by atoms with Gasteiger partial charge in [0.2, 0.25) is 0 Å². The van der Waals surface area contributed by atoms with Crippen molar-refractivity contribution in [3.05, 3.63) is 22.8 Å². The first-order chi connectivity index (χ1) is 36.4. The first kappa shape index (κ1) is 59.6. The van der Waals surface area contributed by atoms with Crippen molar-refractivity contribution in [1.29, 1.82) is 0 Å². The van der Waals surface area contributed by atoms with E-state index in [1.165, 1.54) is 0 Å². The molecule has 9 rings (SSSR count). The van der Waals surface area contributed by atoms with Gasteiger partial charge in [0.05, 0.1) is 50.8 Å². The molecule has 3 saturated carbocycles. The molecule has 0 bridgehead atoms. The number of cyclic esters (lactones) is 1. The van der Waals surface area contributed by atoms with Crippen molar-refractivity contribution in [2.75, 3.05) is 33.0 Å². The van der Waals surface area contributed by atoms with Gasteiger partial charge in [-0.1, -0.05) is 38.0 Å². The second kappa shape index (κ2) is 23.7. The topological polar surface area (TPSA) is 404 Å². The molecular formula is C52H82O25. The summed E-state index contributed by atoms with van der Waals surface area (Å²) in [7, 11) is 0. The van der Waals surface area contributed by atoms with Gasteiger partial charge in [0.15, 0.2) is 25.2 Å². The van der Waals surface area contributed by atoms with Crippen molar-refractivity contribution in [1.82, 2.24) is 0 Å². The van der Waals surface area contributed by atoms with E-state index >= 15 is 0 Å². The monoisotopic (exact) mass is 1110 g/mol. The number of carbonyl (C=O) groups is 1. The molecule has 0 amide bonds. The predicted octanol–water partition coefficient (Wildman–Crippen LogP) is -4.55. The minimum absolute atomic E-state index is 0.00889. The maximum Gasteiger partial charge on any atom is 0.336 e. The number of aliphatic hydroxyl groups excluding tert-OH is 15. The van der Waals surface area contributed by atoms with Gasteiger partial charge < -0.3 is 119 Å². The number of rotatable bonds is 15. The minimum Gasteiger partial charge on any atom is -0.458 e. The van der Waals surface area contributed by atoms with E-state index in [4.69, 9.17) is 42.6 Å². The first-order valence-corrected chi connectivity index (χ1v) is 27.2. The highest BCUT2D eigenvalue weighted by atomic mass is 16.7. The average molecular weight is 1110 g/mol. The largest absolute Gasteiger partial charge is 0.458 e. The van der Waals surface area contributed by atoms with E-state index in [2.05, 4.69) is 26.8 Å². The lowest BCUT2D eigenvalue weighted by Gasteiger charge is -2.60. The van der Waals surface area contributed by atoms with Crippen LogP contribution in [0.25, 0.3) is 0 Å². The number of esters is 1. The molecule has 4 saturated heterocycles. The summed E-state index contributed by atoms with van der Waals surface area (Å²) in [4.78, 5) is 13.7. The smallest absolute Gasteiger partial charge is 0.336 e. The van der Waals surface area contributed by atoms with E-state index in [-0.39, 0.29) is 48.7 Å². The van der Waals surface area contributed by atoms with E-state index in [1.807, 2.05) is 6.92 Å². The Bertz CT molecular complexity index is 2100. The molecule has 0 radical (unpaired) electrons. The van der Waals surface area contributed by atoms with Gasteiger partial charge in [0, 0.05) is 18.3 Å². The fourth-order valence-corrected chi connectivity index (χ4v) is 14.8. The second-order valence-electron chi connectivity index (χ2n) is 23.8. The molecule has 0 unspecified atom stereocenters. The number of ether oxygens (including phenoxy) is 9. The molecule has 0 aromatic heterocycles. The molecule has 30 atom stereocenters. The minimum atomic E-state index is -1.83. The van der Waals surface area contributed by atoms with Crippen LogP contribution in [-0.2, 0) is 47.4 Å². The zero-order valence-electron chi connectivity index (χ0n) is 43.7. The van der Waals surface area contributed by atoms with Crippen molar-refractivity contribution in [2.24, 2.45) is 40.4 Å². The summed E-state index contributed by atoms with van der Waals surface area (Å²) in [5, 5.41) is 157. The van der Waals surface area contributed by atoms with Crippen LogP contribution in [0.15, 0.2) is 22.8 Å². The SMILES string of the molecule is CC1=C(COC[C@H]2O[C@@H](OC[C@H]3O[C@@H](O)[C@H](O)[C@@H](O)[C@@H]3O)[C@H](O)[C@@H](O)[C@@H]2O)C(=O)O[C@@H]([C@@H](C)[C@H]2CC[C@H]3[C@@H]4CC=C5C[C@@H](O[C@@H]6O[C@H](CO[C@@H]7O[C@H](CO)[C@@H](O)[C@H](O)[C@H]7O)[C@@H](O)[C@H](O)[C@H]6O)C[C@H](O)[C@]5(C)[C@H]4CC[C@]23C)C1. The Hall–Kier alpha value is -1.97. The van der Waals surface area contributed by atoms with Crippen LogP contribution < -0.4 is 0 Å². The van der Waals surface area contributed by atoms with Crippen LogP contribution >= 0.6 is 0 Å².